The van der Waals surface area contributed by atoms with E-state index < -0.39 is 65.0 Å². The smallest absolute Gasteiger partial charge is 0.282 e. The van der Waals surface area contributed by atoms with Gasteiger partial charge in [0.05, 0.1) is 0 Å². The quantitative estimate of drug-likeness (QED) is 0.283. The Hall–Kier alpha value is -1.74. The summed E-state index contributed by atoms with van der Waals surface area (Å²) in [5.41, 5.74) is -8.11. The zero-order valence-corrected chi connectivity index (χ0v) is 13.4. The van der Waals surface area contributed by atoms with E-state index in [-0.39, 0.29) is 0 Å². The van der Waals surface area contributed by atoms with Crippen LogP contribution in [-0.2, 0) is 9.53 Å². The molecular weight excluding hydrogens is 527 g/mol. The molecule has 0 amide bonds. The first-order valence-corrected chi connectivity index (χ1v) is 6.62. The number of halogens is 19. The number of morpholine rings is 1. The predicted molar refractivity (Wildman–Crippen MR) is 53.6 cm³/mol. The second-order valence-electron chi connectivity index (χ2n) is 5.68. The summed E-state index contributed by atoms with van der Waals surface area (Å²) in [5.74, 6) is -16.0. The Morgan fingerprint density at radius 1 is 0.625 bits per heavy atom. The van der Waals surface area contributed by atoms with Crippen LogP contribution >= 0.6 is 0 Å². The standard InChI is InChI=1S/C10F19NO2/c11-1(31)2(12,5(15,16)17)8(24,25)30-9(26,27)3(13,6(18,19)20)32-4(14,7(21,22)23)10(30,28)29. The SMILES string of the molecule is O=C(F)C(F)(C(F)(F)F)C(F)(F)N1C(F)(F)C(F)(C(F)(F)F)OC(F)(C(F)(F)F)C1(F)F. The highest BCUT2D eigenvalue weighted by Crippen LogP contribution is 2.66. The molecule has 0 aromatic rings. The van der Waals surface area contributed by atoms with Crippen LogP contribution in [0.3, 0.4) is 0 Å². The van der Waals surface area contributed by atoms with Gasteiger partial charge in [0.1, 0.15) is 0 Å². The molecule has 3 atom stereocenters. The molecule has 190 valence electrons. The van der Waals surface area contributed by atoms with E-state index in [4.69, 9.17) is 0 Å². The summed E-state index contributed by atoms with van der Waals surface area (Å²) in [5, 5.41) is 0. The van der Waals surface area contributed by atoms with Crippen molar-refractivity contribution in [3.8, 4) is 0 Å². The number of nitrogens with zero attached hydrogens (tertiary/aromatic N) is 1. The third-order valence-electron chi connectivity index (χ3n) is 3.70. The van der Waals surface area contributed by atoms with Crippen molar-refractivity contribution >= 4 is 6.04 Å². The van der Waals surface area contributed by atoms with Crippen molar-refractivity contribution in [2.75, 3.05) is 0 Å². The Labute approximate surface area is 159 Å². The molecule has 3 unspecified atom stereocenters. The molecule has 3 nitrogen and oxygen atoms in total. The van der Waals surface area contributed by atoms with E-state index in [2.05, 4.69) is 0 Å². The van der Waals surface area contributed by atoms with E-state index in [1.807, 2.05) is 0 Å². The van der Waals surface area contributed by atoms with Gasteiger partial charge in [0.2, 0.25) is 0 Å². The lowest BCUT2D eigenvalue weighted by Crippen LogP contribution is -2.87. The molecule has 0 spiro atoms. The Morgan fingerprint density at radius 3 is 1.09 bits per heavy atom. The topological polar surface area (TPSA) is 29.5 Å². The molecule has 32 heavy (non-hydrogen) atoms. The van der Waals surface area contributed by atoms with Crippen LogP contribution in [0.5, 0.6) is 0 Å². The van der Waals surface area contributed by atoms with Crippen LogP contribution in [0.1, 0.15) is 0 Å². The van der Waals surface area contributed by atoms with E-state index >= 15 is 0 Å². The van der Waals surface area contributed by atoms with Crippen molar-refractivity contribution in [3.63, 3.8) is 0 Å². The predicted octanol–water partition coefficient (Wildman–Crippen LogP) is 5.32. The lowest BCUT2D eigenvalue weighted by atomic mass is 9.97. The summed E-state index contributed by atoms with van der Waals surface area (Å²) in [4.78, 5) is 5.27. The Morgan fingerprint density at radius 2 is 0.906 bits per heavy atom. The molecule has 0 aromatic heterocycles. The average Bonchev–Trinajstić information content (AvgIpc) is 2.47. The van der Waals surface area contributed by atoms with Crippen LogP contribution in [0.2, 0.25) is 0 Å². The molecular formula is C10F19NO2. The summed E-state index contributed by atoms with van der Waals surface area (Å²) in [6.45, 7) is 0. The molecule has 1 heterocycles. The van der Waals surface area contributed by atoms with Gasteiger partial charge in [0.15, 0.2) is 0 Å². The molecule has 0 N–H and O–H groups in total. The second-order valence-corrected chi connectivity index (χ2v) is 5.68. The second kappa shape index (κ2) is 6.65. The minimum atomic E-state index is -8.60. The molecule has 0 bridgehead atoms. The maximum atomic E-state index is 13.8. The third kappa shape index (κ3) is 3.10. The van der Waals surface area contributed by atoms with Gasteiger partial charge in [0.25, 0.3) is 0 Å². The molecule has 1 aliphatic rings. The first-order chi connectivity index (χ1) is 13.5. The van der Waals surface area contributed by atoms with Gasteiger partial charge in [-0.15, -0.1) is 4.90 Å². The van der Waals surface area contributed by atoms with Crippen molar-refractivity contribution in [2.24, 2.45) is 0 Å². The first kappa shape index (κ1) is 28.3. The maximum Gasteiger partial charge on any atom is 0.456 e. The molecule has 0 saturated carbocycles. The Bertz CT molecular complexity index is 730. The van der Waals surface area contributed by atoms with Gasteiger partial charge in [-0.25, -0.2) is 4.39 Å². The highest BCUT2D eigenvalue weighted by Gasteiger charge is 2.98. The number of rotatable bonds is 3. The largest absolute Gasteiger partial charge is 0.456 e. The minimum Gasteiger partial charge on any atom is -0.282 e. The summed E-state index contributed by atoms with van der Waals surface area (Å²) in [6, 6.07) is -30.5. The van der Waals surface area contributed by atoms with Gasteiger partial charge in [-0.05, 0) is 0 Å². The summed E-state index contributed by atoms with van der Waals surface area (Å²) in [7, 11) is 0. The van der Waals surface area contributed by atoms with Crippen molar-refractivity contribution in [1.29, 1.82) is 0 Å². The molecule has 0 aliphatic carbocycles. The normalized spacial score (nSPS) is 31.8. The fraction of sp³-hybridized carbons (Fsp3) is 0.900. The van der Waals surface area contributed by atoms with Gasteiger partial charge in [-0.3, -0.25) is 9.53 Å². The van der Waals surface area contributed by atoms with Crippen LogP contribution in [0.15, 0.2) is 0 Å². The minimum absolute atomic E-state index is 1.46. The van der Waals surface area contributed by atoms with E-state index in [0.717, 1.165) is 0 Å². The number of ether oxygens (including phenoxy) is 1. The zero-order valence-electron chi connectivity index (χ0n) is 13.4. The first-order valence-electron chi connectivity index (χ1n) is 6.62. The third-order valence-corrected chi connectivity index (χ3v) is 3.70. The Balaban J connectivity index is 4.24. The van der Waals surface area contributed by atoms with Gasteiger partial charge < -0.3 is 0 Å². The van der Waals surface area contributed by atoms with Crippen LogP contribution in [-0.4, -0.2) is 65.0 Å². The van der Waals surface area contributed by atoms with Crippen LogP contribution < -0.4 is 0 Å². The summed E-state index contributed by atoms with van der Waals surface area (Å²) in [6.07, 6.45) is -23.9. The molecule has 1 rings (SSSR count). The Kier molecular flexibility index (Phi) is 5.88. The van der Waals surface area contributed by atoms with Crippen molar-refractivity contribution in [2.45, 2.75) is 54.0 Å². The van der Waals surface area contributed by atoms with Crippen molar-refractivity contribution < 1.29 is 92.9 Å². The van der Waals surface area contributed by atoms with E-state index in [1.165, 1.54) is 4.74 Å². The lowest BCUT2D eigenvalue weighted by Gasteiger charge is -2.55. The lowest BCUT2D eigenvalue weighted by molar-refractivity contribution is -0.601. The monoisotopic (exact) mass is 527 g/mol. The molecule has 1 saturated heterocycles. The van der Waals surface area contributed by atoms with Crippen LogP contribution in [0, 0.1) is 0 Å². The molecule has 1 aliphatic heterocycles. The number of hydrogen-bond donors (Lipinski definition) is 0. The van der Waals surface area contributed by atoms with Crippen LogP contribution in [0.25, 0.3) is 0 Å². The summed E-state index contributed by atoms with van der Waals surface area (Å²) < 4.78 is 251. The van der Waals surface area contributed by atoms with Crippen molar-refractivity contribution in [1.82, 2.24) is 4.90 Å². The average molecular weight is 527 g/mol. The van der Waals surface area contributed by atoms with Gasteiger partial charge in [-0.2, -0.15) is 79.0 Å². The zero-order chi connectivity index (χ0) is 26.4. The van der Waals surface area contributed by atoms with E-state index in [9.17, 15) is 88.2 Å². The van der Waals surface area contributed by atoms with Gasteiger partial charge in [0, 0.05) is 0 Å². The number of carbonyl (C=O) groups excluding carboxylic acids is 1. The molecule has 0 aromatic carbocycles. The highest BCUT2D eigenvalue weighted by atomic mass is 19.4. The number of carbonyl (C=O) groups is 1. The number of alkyl halides is 18. The highest BCUT2D eigenvalue weighted by molar-refractivity contribution is 5.81. The molecule has 1 fully saturated rings. The van der Waals surface area contributed by atoms with Crippen molar-refractivity contribution in [3.05, 3.63) is 0 Å². The fourth-order valence-electron chi connectivity index (χ4n) is 2.14. The van der Waals surface area contributed by atoms with E-state index in [1.54, 1.807) is 0 Å². The molecule has 0 radical (unpaired) electrons. The summed E-state index contributed by atoms with van der Waals surface area (Å²) >= 11 is 0. The maximum absolute atomic E-state index is 13.8. The van der Waals surface area contributed by atoms with Gasteiger partial charge >= 0.3 is 60.1 Å². The fourth-order valence-corrected chi connectivity index (χ4v) is 2.14. The number of hydrogen-bond acceptors (Lipinski definition) is 3. The van der Waals surface area contributed by atoms with Gasteiger partial charge in [-0.1, -0.05) is 0 Å². The van der Waals surface area contributed by atoms with Crippen LogP contribution in [0.4, 0.5) is 83.4 Å². The molecule has 22 heteroatoms. The van der Waals surface area contributed by atoms with E-state index in [0.29, 0.717) is 0 Å².